The Morgan fingerprint density at radius 2 is 2.21 bits per heavy atom. The smallest absolute Gasteiger partial charge is 0.138 e. The fourth-order valence-corrected chi connectivity index (χ4v) is 2.05. The topological polar surface area (TPSA) is 39.1 Å². The second-order valence-electron chi connectivity index (χ2n) is 4.29. The van der Waals surface area contributed by atoms with Crippen molar-refractivity contribution < 1.29 is 4.74 Å². The van der Waals surface area contributed by atoms with Crippen molar-refractivity contribution in [3.63, 3.8) is 0 Å². The first-order chi connectivity index (χ1) is 9.22. The van der Waals surface area contributed by atoms with Crippen LogP contribution in [0.3, 0.4) is 0 Å². The molecule has 0 amide bonds. The molecule has 1 aromatic heterocycles. The van der Waals surface area contributed by atoms with Gasteiger partial charge < -0.3 is 10.1 Å². The highest BCUT2D eigenvalue weighted by Crippen LogP contribution is 2.26. The SMILES string of the molecule is CCn1cc(COc2ccc(CNC)cc2Cl)cn1. The van der Waals surface area contributed by atoms with Crippen molar-refractivity contribution in [3.8, 4) is 5.75 Å². The van der Waals surface area contributed by atoms with Gasteiger partial charge in [-0.15, -0.1) is 0 Å². The number of rotatable bonds is 6. The molecule has 5 heteroatoms. The molecule has 0 aliphatic rings. The summed E-state index contributed by atoms with van der Waals surface area (Å²) in [5.41, 5.74) is 2.18. The molecular formula is C14H18ClN3O. The zero-order valence-electron chi connectivity index (χ0n) is 11.2. The Balaban J connectivity index is 1.99. The first-order valence-corrected chi connectivity index (χ1v) is 6.68. The zero-order chi connectivity index (χ0) is 13.7. The molecule has 4 nitrogen and oxygen atoms in total. The number of nitrogens with one attached hydrogen (secondary N) is 1. The first-order valence-electron chi connectivity index (χ1n) is 6.30. The van der Waals surface area contributed by atoms with E-state index in [4.69, 9.17) is 16.3 Å². The van der Waals surface area contributed by atoms with Crippen LogP contribution >= 0.6 is 11.6 Å². The number of benzene rings is 1. The van der Waals surface area contributed by atoms with Crippen LogP contribution in [0.1, 0.15) is 18.1 Å². The third-order valence-electron chi connectivity index (χ3n) is 2.78. The van der Waals surface area contributed by atoms with Crippen molar-refractivity contribution in [2.75, 3.05) is 7.05 Å². The minimum Gasteiger partial charge on any atom is -0.487 e. The third kappa shape index (κ3) is 3.72. The van der Waals surface area contributed by atoms with Crippen LogP contribution < -0.4 is 10.1 Å². The highest BCUT2D eigenvalue weighted by Gasteiger charge is 2.04. The van der Waals surface area contributed by atoms with Gasteiger partial charge in [-0.3, -0.25) is 4.68 Å². The highest BCUT2D eigenvalue weighted by molar-refractivity contribution is 6.32. The highest BCUT2D eigenvalue weighted by atomic mass is 35.5. The molecule has 0 bridgehead atoms. The van der Waals surface area contributed by atoms with E-state index in [9.17, 15) is 0 Å². The van der Waals surface area contributed by atoms with Gasteiger partial charge in [-0.1, -0.05) is 17.7 Å². The molecule has 0 aliphatic heterocycles. The van der Waals surface area contributed by atoms with Gasteiger partial charge >= 0.3 is 0 Å². The monoisotopic (exact) mass is 279 g/mol. The van der Waals surface area contributed by atoms with E-state index in [2.05, 4.69) is 17.3 Å². The first kappa shape index (κ1) is 13.9. The summed E-state index contributed by atoms with van der Waals surface area (Å²) in [6, 6.07) is 5.83. The zero-order valence-corrected chi connectivity index (χ0v) is 11.9. The lowest BCUT2D eigenvalue weighted by Crippen LogP contribution is -2.05. The quantitative estimate of drug-likeness (QED) is 0.884. The molecule has 0 aliphatic carbocycles. The maximum Gasteiger partial charge on any atom is 0.138 e. The summed E-state index contributed by atoms with van der Waals surface area (Å²) in [4.78, 5) is 0. The number of ether oxygens (including phenoxy) is 1. The van der Waals surface area contributed by atoms with E-state index >= 15 is 0 Å². The van der Waals surface area contributed by atoms with Crippen molar-refractivity contribution in [2.24, 2.45) is 0 Å². The Morgan fingerprint density at radius 3 is 2.84 bits per heavy atom. The summed E-state index contributed by atoms with van der Waals surface area (Å²) in [5.74, 6) is 0.700. The lowest BCUT2D eigenvalue weighted by molar-refractivity contribution is 0.306. The molecule has 2 aromatic rings. The minimum absolute atomic E-state index is 0.477. The van der Waals surface area contributed by atoms with E-state index < -0.39 is 0 Å². The summed E-state index contributed by atoms with van der Waals surface area (Å²) < 4.78 is 7.58. The second-order valence-corrected chi connectivity index (χ2v) is 4.70. The average Bonchev–Trinajstić information content (AvgIpc) is 2.86. The minimum atomic E-state index is 0.477. The van der Waals surface area contributed by atoms with Gasteiger partial charge in [0.2, 0.25) is 0 Å². The van der Waals surface area contributed by atoms with Crippen molar-refractivity contribution in [1.29, 1.82) is 0 Å². The maximum atomic E-state index is 6.19. The van der Waals surface area contributed by atoms with Crippen LogP contribution in [0, 0.1) is 0 Å². The van der Waals surface area contributed by atoms with Gasteiger partial charge in [-0.05, 0) is 31.7 Å². The van der Waals surface area contributed by atoms with Gasteiger partial charge in [0.25, 0.3) is 0 Å². The number of hydrogen-bond acceptors (Lipinski definition) is 3. The molecule has 0 saturated heterocycles. The second kappa shape index (κ2) is 6.59. The summed E-state index contributed by atoms with van der Waals surface area (Å²) in [6.07, 6.45) is 3.79. The Morgan fingerprint density at radius 1 is 1.37 bits per heavy atom. The van der Waals surface area contributed by atoms with Crippen molar-refractivity contribution in [3.05, 3.63) is 46.7 Å². The summed E-state index contributed by atoms with van der Waals surface area (Å²) in [5, 5.41) is 7.93. The molecule has 1 aromatic carbocycles. The van der Waals surface area contributed by atoms with Gasteiger partial charge in [0.05, 0.1) is 11.2 Å². The standard InChI is InChI=1S/C14H18ClN3O/c1-3-18-9-12(8-17-18)10-19-14-5-4-11(7-16-2)6-13(14)15/h4-6,8-9,16H,3,7,10H2,1-2H3. The predicted molar refractivity (Wildman–Crippen MR) is 76.4 cm³/mol. The predicted octanol–water partition coefficient (Wildman–Crippen LogP) is 2.85. The van der Waals surface area contributed by atoms with Crippen molar-refractivity contribution in [1.82, 2.24) is 15.1 Å². The van der Waals surface area contributed by atoms with Crippen molar-refractivity contribution >= 4 is 11.6 Å². The van der Waals surface area contributed by atoms with E-state index in [1.54, 1.807) is 0 Å². The number of hydrogen-bond donors (Lipinski definition) is 1. The Bertz CT molecular complexity index is 539. The van der Waals surface area contributed by atoms with E-state index in [1.165, 1.54) is 0 Å². The molecule has 19 heavy (non-hydrogen) atoms. The summed E-state index contributed by atoms with van der Waals surface area (Å²) in [7, 11) is 1.91. The summed E-state index contributed by atoms with van der Waals surface area (Å²) in [6.45, 7) is 4.18. The molecular weight excluding hydrogens is 262 g/mol. The molecule has 0 saturated carbocycles. The fourth-order valence-electron chi connectivity index (χ4n) is 1.79. The molecule has 1 heterocycles. The van der Waals surface area contributed by atoms with Crippen molar-refractivity contribution in [2.45, 2.75) is 26.6 Å². The van der Waals surface area contributed by atoms with Gasteiger partial charge in [-0.2, -0.15) is 5.10 Å². The Labute approximate surface area is 118 Å². The molecule has 102 valence electrons. The number of nitrogens with zero attached hydrogens (tertiary/aromatic N) is 2. The average molecular weight is 280 g/mol. The Kier molecular flexibility index (Phi) is 4.82. The molecule has 0 fully saturated rings. The number of aromatic nitrogens is 2. The van der Waals surface area contributed by atoms with Gasteiger partial charge in [-0.25, -0.2) is 0 Å². The van der Waals surface area contributed by atoms with E-state index in [0.29, 0.717) is 17.4 Å². The van der Waals surface area contributed by atoms with E-state index in [1.807, 2.05) is 42.3 Å². The molecule has 0 atom stereocenters. The van der Waals surface area contributed by atoms with Crippen LogP contribution in [0.15, 0.2) is 30.6 Å². The molecule has 0 unspecified atom stereocenters. The fraction of sp³-hybridized carbons (Fsp3) is 0.357. The van der Waals surface area contributed by atoms with Crippen LogP contribution in [0.2, 0.25) is 5.02 Å². The van der Waals surface area contributed by atoms with Crippen LogP contribution in [-0.4, -0.2) is 16.8 Å². The molecule has 2 rings (SSSR count). The van der Waals surface area contributed by atoms with Crippen LogP contribution in [0.5, 0.6) is 5.75 Å². The lowest BCUT2D eigenvalue weighted by Gasteiger charge is -2.08. The van der Waals surface area contributed by atoms with Gasteiger partial charge in [0.15, 0.2) is 0 Å². The van der Waals surface area contributed by atoms with Crippen LogP contribution in [0.25, 0.3) is 0 Å². The van der Waals surface area contributed by atoms with Gasteiger partial charge in [0.1, 0.15) is 12.4 Å². The lowest BCUT2D eigenvalue weighted by atomic mass is 10.2. The molecule has 1 N–H and O–H groups in total. The Hall–Kier alpha value is -1.52. The normalized spacial score (nSPS) is 10.7. The van der Waals surface area contributed by atoms with E-state index in [-0.39, 0.29) is 0 Å². The van der Waals surface area contributed by atoms with Crippen LogP contribution in [-0.2, 0) is 19.7 Å². The van der Waals surface area contributed by atoms with Gasteiger partial charge in [0, 0.05) is 24.8 Å². The molecule has 0 spiro atoms. The molecule has 0 radical (unpaired) electrons. The maximum absolute atomic E-state index is 6.19. The number of aryl methyl sites for hydroxylation is 1. The largest absolute Gasteiger partial charge is 0.487 e. The summed E-state index contributed by atoms with van der Waals surface area (Å²) >= 11 is 6.19. The number of halogens is 1. The van der Waals surface area contributed by atoms with Crippen LogP contribution in [0.4, 0.5) is 0 Å². The third-order valence-corrected chi connectivity index (χ3v) is 3.08. The van der Waals surface area contributed by atoms with E-state index in [0.717, 1.165) is 24.2 Å².